The lowest BCUT2D eigenvalue weighted by Gasteiger charge is -2.43. The lowest BCUT2D eigenvalue weighted by atomic mass is 9.61. The molecule has 1 spiro atoms. The Morgan fingerprint density at radius 2 is 1.92 bits per heavy atom. The zero-order chi connectivity index (χ0) is 18.0. The third-order valence-corrected chi connectivity index (χ3v) is 7.47. The lowest BCUT2D eigenvalue weighted by Crippen LogP contribution is -2.46. The number of fused-ring (bicyclic) bond motifs is 3. The van der Waals surface area contributed by atoms with Crippen LogP contribution in [0.25, 0.3) is 5.57 Å². The number of unbranched alkanes of at least 4 members (excludes halogenated alkanes) is 2. The first-order valence-electron chi connectivity index (χ1n) is 9.59. The maximum Gasteiger partial charge on any atom is 0.322 e. The van der Waals surface area contributed by atoms with Crippen molar-refractivity contribution in [1.82, 2.24) is 0 Å². The standard InChI is InChI=1S/C22H28O3/c1-5-6-7-8-14-11-16(23)18-15-13-21(4)9-10-22(15,20(21,2)3)19(24)25-17(18)12-14/h11-13,23H,5-10H2,1-4H3/t21-,22+/m0/s1. The van der Waals surface area contributed by atoms with Gasteiger partial charge in [0.15, 0.2) is 0 Å². The van der Waals surface area contributed by atoms with Gasteiger partial charge in [-0.2, -0.15) is 0 Å². The van der Waals surface area contributed by atoms with Crippen LogP contribution < -0.4 is 4.74 Å². The Kier molecular flexibility index (Phi) is 3.42. The highest BCUT2D eigenvalue weighted by molar-refractivity contribution is 6.03. The topological polar surface area (TPSA) is 46.5 Å². The van der Waals surface area contributed by atoms with Crippen LogP contribution in [0, 0.1) is 16.2 Å². The first-order valence-corrected chi connectivity index (χ1v) is 9.59. The largest absolute Gasteiger partial charge is 0.507 e. The first kappa shape index (κ1) is 16.7. The molecule has 0 saturated heterocycles. The monoisotopic (exact) mass is 340 g/mol. The molecule has 1 N–H and O–H groups in total. The number of aromatic hydroxyl groups is 1. The van der Waals surface area contributed by atoms with Crippen LogP contribution in [0.4, 0.5) is 0 Å². The molecule has 1 aromatic carbocycles. The van der Waals surface area contributed by atoms with Crippen molar-refractivity contribution >= 4 is 11.5 Å². The molecule has 0 radical (unpaired) electrons. The number of phenolic OH excluding ortho intramolecular Hbond substituents is 1. The van der Waals surface area contributed by atoms with Gasteiger partial charge in [0.05, 0.1) is 11.0 Å². The molecule has 0 unspecified atom stereocenters. The van der Waals surface area contributed by atoms with Crippen molar-refractivity contribution in [1.29, 1.82) is 0 Å². The van der Waals surface area contributed by atoms with E-state index < -0.39 is 5.41 Å². The summed E-state index contributed by atoms with van der Waals surface area (Å²) in [5, 5.41) is 10.8. The molecule has 25 heavy (non-hydrogen) atoms. The number of benzene rings is 1. The summed E-state index contributed by atoms with van der Waals surface area (Å²) < 4.78 is 5.84. The number of ether oxygens (including phenoxy) is 1. The molecule has 0 amide bonds. The predicted molar refractivity (Wildman–Crippen MR) is 98.5 cm³/mol. The fraction of sp³-hybridized carbons (Fsp3) is 0.591. The fourth-order valence-corrected chi connectivity index (χ4v) is 5.40. The Bertz CT molecular complexity index is 789. The highest BCUT2D eigenvalue weighted by Gasteiger charge is 2.71. The van der Waals surface area contributed by atoms with Crippen molar-refractivity contribution in [2.75, 3.05) is 0 Å². The highest BCUT2D eigenvalue weighted by atomic mass is 16.5. The third-order valence-electron chi connectivity index (χ3n) is 7.47. The molecule has 1 aromatic rings. The molecule has 1 saturated carbocycles. The summed E-state index contributed by atoms with van der Waals surface area (Å²) in [7, 11) is 0. The molecule has 1 aliphatic heterocycles. The van der Waals surface area contributed by atoms with Gasteiger partial charge in [0.1, 0.15) is 11.5 Å². The van der Waals surface area contributed by atoms with Crippen LogP contribution in [0.1, 0.15) is 70.9 Å². The minimum absolute atomic E-state index is 0.0325. The number of phenols is 1. The van der Waals surface area contributed by atoms with E-state index in [1.54, 1.807) is 0 Å². The number of hydrogen-bond donors (Lipinski definition) is 1. The van der Waals surface area contributed by atoms with Crippen molar-refractivity contribution < 1.29 is 14.6 Å². The van der Waals surface area contributed by atoms with Gasteiger partial charge in [-0.05, 0) is 59.8 Å². The number of carbonyl (C=O) groups is 1. The van der Waals surface area contributed by atoms with Gasteiger partial charge in [-0.1, -0.05) is 46.6 Å². The fourth-order valence-electron chi connectivity index (χ4n) is 5.40. The summed E-state index contributed by atoms with van der Waals surface area (Å²) in [5.41, 5.74) is 1.94. The Morgan fingerprint density at radius 3 is 2.60 bits per heavy atom. The Hall–Kier alpha value is -1.77. The summed E-state index contributed by atoms with van der Waals surface area (Å²) in [4.78, 5) is 13.1. The van der Waals surface area contributed by atoms with Crippen LogP contribution in [-0.2, 0) is 11.2 Å². The first-order chi connectivity index (χ1) is 11.8. The minimum atomic E-state index is -0.615. The van der Waals surface area contributed by atoms with Crippen molar-refractivity contribution in [2.45, 2.75) is 66.2 Å². The summed E-state index contributed by atoms with van der Waals surface area (Å²) in [5.74, 6) is 0.664. The number of hydrogen-bond acceptors (Lipinski definition) is 3. The van der Waals surface area contributed by atoms with Crippen molar-refractivity contribution in [3.8, 4) is 11.5 Å². The Balaban J connectivity index is 1.82. The van der Waals surface area contributed by atoms with Crippen LogP contribution >= 0.6 is 0 Å². The van der Waals surface area contributed by atoms with Crippen LogP contribution in [0.5, 0.6) is 11.5 Å². The number of esters is 1. The maximum atomic E-state index is 13.1. The predicted octanol–water partition coefficient (Wildman–Crippen LogP) is 5.25. The summed E-state index contributed by atoms with van der Waals surface area (Å²) in [6.45, 7) is 8.75. The molecule has 2 bridgehead atoms. The van der Waals surface area contributed by atoms with Crippen LogP contribution in [0.3, 0.4) is 0 Å². The van der Waals surface area contributed by atoms with Gasteiger partial charge in [0.2, 0.25) is 0 Å². The van der Waals surface area contributed by atoms with E-state index >= 15 is 0 Å². The van der Waals surface area contributed by atoms with Gasteiger partial charge in [0, 0.05) is 0 Å². The molecule has 1 fully saturated rings. The molecule has 2 atom stereocenters. The molecule has 3 nitrogen and oxygen atoms in total. The molecule has 2 aliphatic carbocycles. The van der Waals surface area contributed by atoms with Crippen LogP contribution in [0.2, 0.25) is 0 Å². The average molecular weight is 340 g/mol. The minimum Gasteiger partial charge on any atom is -0.507 e. The molecular weight excluding hydrogens is 312 g/mol. The molecule has 134 valence electrons. The summed E-state index contributed by atoms with van der Waals surface area (Å²) in [6, 6.07) is 3.82. The van der Waals surface area contributed by atoms with Crippen molar-refractivity contribution in [3.63, 3.8) is 0 Å². The molecule has 0 aromatic heterocycles. The van der Waals surface area contributed by atoms with Crippen LogP contribution in [-0.4, -0.2) is 11.1 Å². The highest BCUT2D eigenvalue weighted by Crippen LogP contribution is 2.75. The third kappa shape index (κ3) is 1.90. The number of rotatable bonds is 4. The van der Waals surface area contributed by atoms with Crippen molar-refractivity contribution in [2.24, 2.45) is 16.2 Å². The second kappa shape index (κ2) is 5.12. The summed E-state index contributed by atoms with van der Waals surface area (Å²) in [6.07, 6.45) is 8.35. The number of allylic oxidation sites excluding steroid dienone is 1. The number of carbonyl (C=O) groups excluding carboxylic acids is 1. The summed E-state index contributed by atoms with van der Waals surface area (Å²) >= 11 is 0. The molecule has 3 heteroatoms. The van der Waals surface area contributed by atoms with Crippen LogP contribution in [0.15, 0.2) is 18.2 Å². The van der Waals surface area contributed by atoms with E-state index in [1.807, 2.05) is 12.1 Å². The quantitative estimate of drug-likeness (QED) is 0.462. The smallest absolute Gasteiger partial charge is 0.322 e. The second-order valence-electron chi connectivity index (χ2n) is 8.84. The van der Waals surface area contributed by atoms with E-state index in [-0.39, 0.29) is 22.5 Å². The van der Waals surface area contributed by atoms with Gasteiger partial charge in [-0.15, -0.1) is 0 Å². The Labute approximate surface area is 150 Å². The van der Waals surface area contributed by atoms with Gasteiger partial charge in [-0.25, -0.2) is 0 Å². The van der Waals surface area contributed by atoms with Gasteiger partial charge >= 0.3 is 5.97 Å². The lowest BCUT2D eigenvalue weighted by molar-refractivity contribution is -0.148. The molecular formula is C22H28O3. The SMILES string of the molecule is CCCCCc1cc(O)c2c(c1)OC(=O)[C@@]13CC[C@@](C)(C=C21)C3(C)C. The van der Waals surface area contributed by atoms with Gasteiger partial charge in [0.25, 0.3) is 0 Å². The van der Waals surface area contributed by atoms with Crippen molar-refractivity contribution in [3.05, 3.63) is 29.3 Å². The molecule has 3 aliphatic rings. The van der Waals surface area contributed by atoms with Gasteiger partial charge in [-0.3, -0.25) is 4.79 Å². The van der Waals surface area contributed by atoms with E-state index in [2.05, 4.69) is 33.8 Å². The average Bonchev–Trinajstić information content (AvgIpc) is 2.84. The van der Waals surface area contributed by atoms with E-state index in [1.165, 1.54) is 6.42 Å². The normalized spacial score (nSPS) is 31.4. The molecule has 4 rings (SSSR count). The van der Waals surface area contributed by atoms with E-state index in [9.17, 15) is 9.90 Å². The van der Waals surface area contributed by atoms with E-state index in [4.69, 9.17) is 4.74 Å². The van der Waals surface area contributed by atoms with Gasteiger partial charge < -0.3 is 9.84 Å². The zero-order valence-electron chi connectivity index (χ0n) is 15.7. The van der Waals surface area contributed by atoms with E-state index in [0.717, 1.165) is 48.8 Å². The number of aryl methyl sites for hydroxylation is 1. The Morgan fingerprint density at radius 1 is 1.16 bits per heavy atom. The van der Waals surface area contributed by atoms with E-state index in [0.29, 0.717) is 5.75 Å². The zero-order valence-corrected chi connectivity index (χ0v) is 15.7. The molecule has 1 heterocycles. The second-order valence-corrected chi connectivity index (χ2v) is 8.84. The maximum absolute atomic E-state index is 13.1.